The van der Waals surface area contributed by atoms with E-state index < -0.39 is 17.8 Å². The van der Waals surface area contributed by atoms with Crippen LogP contribution in [0.5, 0.6) is 0 Å². The van der Waals surface area contributed by atoms with Gasteiger partial charge in [0.1, 0.15) is 15.6 Å². The van der Waals surface area contributed by atoms with E-state index in [1.165, 1.54) is 10.9 Å². The molecule has 2 aromatic heterocycles. The van der Waals surface area contributed by atoms with Gasteiger partial charge in [-0.1, -0.05) is 18.5 Å². The summed E-state index contributed by atoms with van der Waals surface area (Å²) < 4.78 is 11.5. The third-order valence-electron chi connectivity index (χ3n) is 3.59. The van der Waals surface area contributed by atoms with E-state index in [0.29, 0.717) is 12.0 Å². The Bertz CT molecular complexity index is 855. The maximum Gasteiger partial charge on any atom is 0.348 e. The molecular weight excluding hydrogens is 394 g/mol. The van der Waals surface area contributed by atoms with E-state index in [0.717, 1.165) is 11.3 Å². The maximum absolute atomic E-state index is 12.6. The zero-order valence-electron chi connectivity index (χ0n) is 15.4. The van der Waals surface area contributed by atoms with Gasteiger partial charge in [-0.2, -0.15) is 5.10 Å². The van der Waals surface area contributed by atoms with Crippen molar-refractivity contribution in [3.05, 3.63) is 32.9 Å². The van der Waals surface area contributed by atoms with Gasteiger partial charge in [0.2, 0.25) is 0 Å². The third-order valence-corrected chi connectivity index (χ3v) is 5.05. The molecular formula is C17H20ClN3O5S. The fourth-order valence-electron chi connectivity index (χ4n) is 2.33. The Kier molecular flexibility index (Phi) is 6.98. The van der Waals surface area contributed by atoms with Crippen LogP contribution in [0.1, 0.15) is 56.3 Å². The Morgan fingerprint density at radius 3 is 2.52 bits per heavy atom. The molecule has 2 heterocycles. The summed E-state index contributed by atoms with van der Waals surface area (Å²) in [6.45, 7) is 5.58. The van der Waals surface area contributed by atoms with Crippen LogP contribution in [0.25, 0.3) is 0 Å². The molecule has 0 fully saturated rings. The molecule has 0 saturated heterocycles. The standard InChI is InChI=1S/C17H20ClN3O5S/c1-5-7-26-16(23)11-9(3)13(17(24)25-6-2)27-15(11)20-14(22)12-10(18)8-19-21(12)4/h8H,5-7H2,1-4H3,(H,20,22). The zero-order valence-corrected chi connectivity index (χ0v) is 17.0. The van der Waals surface area contributed by atoms with Crippen molar-refractivity contribution < 1.29 is 23.9 Å². The molecule has 0 bridgehead atoms. The number of carbonyl (C=O) groups excluding carboxylic acids is 3. The van der Waals surface area contributed by atoms with Crippen molar-refractivity contribution in [3.63, 3.8) is 0 Å². The van der Waals surface area contributed by atoms with Crippen LogP contribution in [0, 0.1) is 6.92 Å². The van der Waals surface area contributed by atoms with Crippen LogP contribution in [0.2, 0.25) is 5.02 Å². The first-order valence-electron chi connectivity index (χ1n) is 8.28. The average Bonchev–Trinajstić information content (AvgIpc) is 3.12. The second-order valence-corrected chi connectivity index (χ2v) is 6.96. The van der Waals surface area contributed by atoms with E-state index in [-0.39, 0.29) is 39.4 Å². The van der Waals surface area contributed by atoms with Crippen LogP contribution in [0.15, 0.2) is 6.20 Å². The van der Waals surface area contributed by atoms with Gasteiger partial charge in [-0.25, -0.2) is 9.59 Å². The number of hydrogen-bond donors (Lipinski definition) is 1. The molecule has 146 valence electrons. The van der Waals surface area contributed by atoms with Gasteiger partial charge in [0, 0.05) is 7.05 Å². The summed E-state index contributed by atoms with van der Waals surface area (Å²) in [5, 5.41) is 6.91. The summed E-state index contributed by atoms with van der Waals surface area (Å²) in [6.07, 6.45) is 1.99. The third kappa shape index (κ3) is 4.48. The van der Waals surface area contributed by atoms with Gasteiger partial charge in [-0.15, -0.1) is 11.3 Å². The second kappa shape index (κ2) is 9.01. The number of halogens is 1. The topological polar surface area (TPSA) is 99.5 Å². The Balaban J connectivity index is 2.43. The lowest BCUT2D eigenvalue weighted by Crippen LogP contribution is -2.18. The smallest absolute Gasteiger partial charge is 0.348 e. The molecule has 0 aliphatic rings. The minimum Gasteiger partial charge on any atom is -0.462 e. The van der Waals surface area contributed by atoms with Crippen molar-refractivity contribution in [2.75, 3.05) is 18.5 Å². The maximum atomic E-state index is 12.6. The van der Waals surface area contributed by atoms with E-state index in [2.05, 4.69) is 10.4 Å². The van der Waals surface area contributed by atoms with Crippen molar-refractivity contribution in [3.8, 4) is 0 Å². The highest BCUT2D eigenvalue weighted by atomic mass is 35.5. The predicted octanol–water partition coefficient (Wildman–Crippen LogP) is 3.44. The van der Waals surface area contributed by atoms with Crippen LogP contribution >= 0.6 is 22.9 Å². The Morgan fingerprint density at radius 1 is 1.26 bits per heavy atom. The monoisotopic (exact) mass is 413 g/mol. The van der Waals surface area contributed by atoms with Crippen LogP contribution in [0.4, 0.5) is 5.00 Å². The number of hydrogen-bond acceptors (Lipinski definition) is 7. The summed E-state index contributed by atoms with van der Waals surface area (Å²) >= 11 is 6.95. The SMILES string of the molecule is CCCOC(=O)c1c(NC(=O)c2c(Cl)cnn2C)sc(C(=O)OCC)c1C. The number of aryl methyl sites for hydroxylation is 1. The van der Waals surface area contributed by atoms with Crippen LogP contribution < -0.4 is 5.32 Å². The van der Waals surface area contributed by atoms with Crippen LogP contribution in [-0.2, 0) is 16.5 Å². The number of thiophene rings is 1. The molecule has 27 heavy (non-hydrogen) atoms. The van der Waals surface area contributed by atoms with Gasteiger partial charge in [-0.3, -0.25) is 9.48 Å². The summed E-state index contributed by atoms with van der Waals surface area (Å²) in [7, 11) is 1.57. The lowest BCUT2D eigenvalue weighted by atomic mass is 10.1. The highest BCUT2D eigenvalue weighted by Gasteiger charge is 2.28. The van der Waals surface area contributed by atoms with Crippen molar-refractivity contribution >= 4 is 45.8 Å². The number of nitrogens with one attached hydrogen (secondary N) is 1. The lowest BCUT2D eigenvalue weighted by Gasteiger charge is -2.08. The Labute approximate surface area is 165 Å². The first kappa shape index (κ1) is 20.9. The van der Waals surface area contributed by atoms with Crippen LogP contribution in [0.3, 0.4) is 0 Å². The number of nitrogens with zero attached hydrogens (tertiary/aromatic N) is 2. The summed E-state index contributed by atoms with van der Waals surface area (Å²) in [5.41, 5.74) is 0.655. The van der Waals surface area contributed by atoms with Gasteiger partial charge in [0.25, 0.3) is 5.91 Å². The molecule has 0 aliphatic carbocycles. The first-order valence-corrected chi connectivity index (χ1v) is 9.47. The van der Waals surface area contributed by atoms with Gasteiger partial charge >= 0.3 is 11.9 Å². The molecule has 0 aliphatic heterocycles. The van der Waals surface area contributed by atoms with E-state index >= 15 is 0 Å². The molecule has 0 saturated carbocycles. The first-order chi connectivity index (χ1) is 12.8. The number of ether oxygens (including phenoxy) is 2. The molecule has 10 heteroatoms. The zero-order chi connectivity index (χ0) is 20.1. The highest BCUT2D eigenvalue weighted by Crippen LogP contribution is 2.35. The minimum absolute atomic E-state index is 0.128. The van der Waals surface area contributed by atoms with Gasteiger partial charge in [0.05, 0.1) is 30.0 Å². The molecule has 0 radical (unpaired) electrons. The van der Waals surface area contributed by atoms with E-state index in [1.54, 1.807) is 20.9 Å². The fraction of sp³-hybridized carbons (Fsp3) is 0.412. The molecule has 1 N–H and O–H groups in total. The number of rotatable bonds is 7. The molecule has 1 amide bonds. The average molecular weight is 414 g/mol. The second-order valence-electron chi connectivity index (χ2n) is 5.54. The number of esters is 2. The Hall–Kier alpha value is -2.39. The largest absolute Gasteiger partial charge is 0.462 e. The van der Waals surface area contributed by atoms with Crippen molar-refractivity contribution in [1.29, 1.82) is 0 Å². The quantitative estimate of drug-likeness (QED) is 0.698. The number of anilines is 1. The van der Waals surface area contributed by atoms with E-state index in [4.69, 9.17) is 21.1 Å². The normalized spacial score (nSPS) is 10.6. The Morgan fingerprint density at radius 2 is 1.96 bits per heavy atom. The molecule has 0 unspecified atom stereocenters. The van der Waals surface area contributed by atoms with Crippen molar-refractivity contribution in [2.45, 2.75) is 27.2 Å². The summed E-state index contributed by atoms with van der Waals surface area (Å²) in [6, 6.07) is 0. The molecule has 0 aromatic carbocycles. The summed E-state index contributed by atoms with van der Waals surface area (Å²) in [5.74, 6) is -1.74. The van der Waals surface area contributed by atoms with Crippen molar-refractivity contribution in [1.82, 2.24) is 9.78 Å². The number of carbonyl (C=O) groups is 3. The molecule has 0 atom stereocenters. The lowest BCUT2D eigenvalue weighted by molar-refractivity contribution is 0.0506. The molecule has 0 spiro atoms. The molecule has 2 rings (SSSR count). The minimum atomic E-state index is -0.618. The van der Waals surface area contributed by atoms with Gasteiger partial charge < -0.3 is 14.8 Å². The molecule has 8 nitrogen and oxygen atoms in total. The number of aromatic nitrogens is 2. The predicted molar refractivity (Wildman–Crippen MR) is 102 cm³/mol. The molecule has 2 aromatic rings. The summed E-state index contributed by atoms with van der Waals surface area (Å²) in [4.78, 5) is 37.5. The highest BCUT2D eigenvalue weighted by molar-refractivity contribution is 7.18. The van der Waals surface area contributed by atoms with Gasteiger partial charge in [-0.05, 0) is 25.8 Å². The van der Waals surface area contributed by atoms with Crippen LogP contribution in [-0.4, -0.2) is 40.8 Å². The van der Waals surface area contributed by atoms with Crippen molar-refractivity contribution in [2.24, 2.45) is 7.05 Å². The van der Waals surface area contributed by atoms with E-state index in [9.17, 15) is 14.4 Å². The van der Waals surface area contributed by atoms with Gasteiger partial charge in [0.15, 0.2) is 0 Å². The number of amides is 1. The fourth-order valence-corrected chi connectivity index (χ4v) is 3.67. The van der Waals surface area contributed by atoms with E-state index in [1.807, 2.05) is 6.92 Å².